The Morgan fingerprint density at radius 2 is 1.40 bits per heavy atom. The summed E-state index contributed by atoms with van der Waals surface area (Å²) in [4.78, 5) is 12.0. The standard InChI is InChI=1S/C18H18O2/c19-18-17(12-15-9-5-2-6-10-15)16(13-20-18)11-14-7-3-1-4-8-14/h1-10,16-17H,11-13H2/t16-,17-/m0/s1. The van der Waals surface area contributed by atoms with Gasteiger partial charge in [0.25, 0.3) is 0 Å². The van der Waals surface area contributed by atoms with Crippen LogP contribution < -0.4 is 0 Å². The van der Waals surface area contributed by atoms with Gasteiger partial charge in [-0.25, -0.2) is 0 Å². The highest BCUT2D eigenvalue weighted by molar-refractivity contribution is 5.75. The van der Waals surface area contributed by atoms with Gasteiger partial charge >= 0.3 is 5.97 Å². The Hall–Kier alpha value is -2.09. The minimum Gasteiger partial charge on any atom is -0.465 e. The van der Waals surface area contributed by atoms with Crippen molar-refractivity contribution in [3.05, 3.63) is 71.8 Å². The van der Waals surface area contributed by atoms with Crippen molar-refractivity contribution >= 4 is 5.97 Å². The van der Waals surface area contributed by atoms with Gasteiger partial charge in [0.05, 0.1) is 12.5 Å². The van der Waals surface area contributed by atoms with Crippen LogP contribution >= 0.6 is 0 Å². The van der Waals surface area contributed by atoms with Crippen molar-refractivity contribution < 1.29 is 9.53 Å². The Labute approximate surface area is 119 Å². The fourth-order valence-corrected chi connectivity index (χ4v) is 2.84. The summed E-state index contributed by atoms with van der Waals surface area (Å²) < 4.78 is 5.28. The Bertz CT molecular complexity index is 562. The van der Waals surface area contributed by atoms with Gasteiger partial charge in [0.15, 0.2) is 0 Å². The van der Waals surface area contributed by atoms with Crippen LogP contribution in [0.1, 0.15) is 11.1 Å². The lowest BCUT2D eigenvalue weighted by Gasteiger charge is -2.15. The first-order valence-corrected chi connectivity index (χ1v) is 7.07. The lowest BCUT2D eigenvalue weighted by atomic mass is 9.85. The Morgan fingerprint density at radius 1 is 0.850 bits per heavy atom. The molecule has 2 aromatic rings. The molecule has 20 heavy (non-hydrogen) atoms. The molecule has 1 aliphatic rings. The summed E-state index contributed by atoms with van der Waals surface area (Å²) in [6.07, 6.45) is 1.68. The number of hydrogen-bond donors (Lipinski definition) is 0. The minimum atomic E-state index is -0.0465. The predicted octanol–water partition coefficient (Wildman–Crippen LogP) is 3.26. The van der Waals surface area contributed by atoms with Gasteiger partial charge in [0, 0.05) is 5.92 Å². The first kappa shape index (κ1) is 12.9. The van der Waals surface area contributed by atoms with Crippen LogP contribution in [0.3, 0.4) is 0 Å². The van der Waals surface area contributed by atoms with Crippen molar-refractivity contribution in [2.75, 3.05) is 6.61 Å². The molecule has 102 valence electrons. The van der Waals surface area contributed by atoms with Crippen LogP contribution in [-0.4, -0.2) is 12.6 Å². The van der Waals surface area contributed by atoms with Crippen molar-refractivity contribution in [2.45, 2.75) is 12.8 Å². The van der Waals surface area contributed by atoms with Crippen LogP contribution in [0.4, 0.5) is 0 Å². The van der Waals surface area contributed by atoms with Crippen LogP contribution in [0.15, 0.2) is 60.7 Å². The number of carbonyl (C=O) groups is 1. The predicted molar refractivity (Wildman–Crippen MR) is 78.2 cm³/mol. The summed E-state index contributed by atoms with van der Waals surface area (Å²) in [6.45, 7) is 0.547. The van der Waals surface area contributed by atoms with Gasteiger partial charge in [-0.15, -0.1) is 0 Å². The summed E-state index contributed by atoms with van der Waals surface area (Å²) in [6, 6.07) is 20.5. The van der Waals surface area contributed by atoms with Crippen molar-refractivity contribution in [3.8, 4) is 0 Å². The molecular formula is C18H18O2. The fraction of sp³-hybridized carbons (Fsp3) is 0.278. The van der Waals surface area contributed by atoms with Crippen LogP contribution in [0.2, 0.25) is 0 Å². The van der Waals surface area contributed by atoms with Crippen molar-refractivity contribution in [1.29, 1.82) is 0 Å². The maximum Gasteiger partial charge on any atom is 0.309 e. The SMILES string of the molecule is O=C1OC[C@H](Cc2ccccc2)[C@@H]1Cc1ccccc1. The van der Waals surface area contributed by atoms with E-state index in [0.717, 1.165) is 12.8 Å². The molecule has 2 nitrogen and oxygen atoms in total. The fourth-order valence-electron chi connectivity index (χ4n) is 2.84. The molecule has 2 heteroatoms. The number of benzene rings is 2. The van der Waals surface area contributed by atoms with Gasteiger partial charge in [-0.2, -0.15) is 0 Å². The summed E-state index contributed by atoms with van der Waals surface area (Å²) >= 11 is 0. The topological polar surface area (TPSA) is 26.3 Å². The van der Waals surface area contributed by atoms with E-state index in [9.17, 15) is 4.79 Å². The maximum atomic E-state index is 12.0. The van der Waals surface area contributed by atoms with E-state index in [0.29, 0.717) is 6.61 Å². The molecule has 0 radical (unpaired) electrons. The zero-order valence-corrected chi connectivity index (χ0v) is 11.4. The lowest BCUT2D eigenvalue weighted by Crippen LogP contribution is -2.20. The number of hydrogen-bond acceptors (Lipinski definition) is 2. The maximum absolute atomic E-state index is 12.0. The van der Waals surface area contributed by atoms with Crippen molar-refractivity contribution in [3.63, 3.8) is 0 Å². The normalized spacial score (nSPS) is 21.7. The molecular weight excluding hydrogens is 248 g/mol. The van der Waals surface area contributed by atoms with E-state index in [1.807, 2.05) is 36.4 Å². The quantitative estimate of drug-likeness (QED) is 0.794. The average molecular weight is 266 g/mol. The summed E-state index contributed by atoms with van der Waals surface area (Å²) in [5.41, 5.74) is 2.48. The van der Waals surface area contributed by atoms with Crippen molar-refractivity contribution in [2.24, 2.45) is 11.8 Å². The van der Waals surface area contributed by atoms with Gasteiger partial charge < -0.3 is 4.74 Å². The zero-order chi connectivity index (χ0) is 13.8. The highest BCUT2D eigenvalue weighted by Gasteiger charge is 2.36. The van der Waals surface area contributed by atoms with Gasteiger partial charge in [-0.3, -0.25) is 4.79 Å². The lowest BCUT2D eigenvalue weighted by molar-refractivity contribution is -0.141. The van der Waals surface area contributed by atoms with Crippen LogP contribution in [0.5, 0.6) is 0 Å². The number of esters is 1. The zero-order valence-electron chi connectivity index (χ0n) is 11.4. The molecule has 1 saturated heterocycles. The first-order valence-electron chi connectivity index (χ1n) is 7.07. The molecule has 0 bridgehead atoms. The van der Waals surface area contributed by atoms with E-state index in [1.54, 1.807) is 0 Å². The molecule has 1 fully saturated rings. The molecule has 1 aliphatic heterocycles. The van der Waals surface area contributed by atoms with Crippen molar-refractivity contribution in [1.82, 2.24) is 0 Å². The third-order valence-corrected chi connectivity index (χ3v) is 3.95. The molecule has 1 heterocycles. The first-order chi connectivity index (χ1) is 9.83. The number of carbonyl (C=O) groups excluding carboxylic acids is 1. The second-order valence-electron chi connectivity index (χ2n) is 5.38. The molecule has 2 atom stereocenters. The van der Waals surface area contributed by atoms with Gasteiger partial charge in [-0.05, 0) is 24.0 Å². The second-order valence-corrected chi connectivity index (χ2v) is 5.38. The average Bonchev–Trinajstić information content (AvgIpc) is 2.83. The van der Waals surface area contributed by atoms with E-state index < -0.39 is 0 Å². The molecule has 3 rings (SSSR count). The highest BCUT2D eigenvalue weighted by Crippen LogP contribution is 2.28. The van der Waals surface area contributed by atoms with Crippen LogP contribution in [0.25, 0.3) is 0 Å². The van der Waals surface area contributed by atoms with Gasteiger partial charge in [0.2, 0.25) is 0 Å². The van der Waals surface area contributed by atoms with E-state index in [-0.39, 0.29) is 17.8 Å². The van der Waals surface area contributed by atoms with Crippen LogP contribution in [-0.2, 0) is 22.4 Å². The number of cyclic esters (lactones) is 1. The summed E-state index contributed by atoms with van der Waals surface area (Å²) in [7, 11) is 0. The molecule has 0 aromatic heterocycles. The molecule has 0 unspecified atom stereocenters. The van der Waals surface area contributed by atoms with Gasteiger partial charge in [0.1, 0.15) is 0 Å². The largest absolute Gasteiger partial charge is 0.465 e. The number of ether oxygens (including phenoxy) is 1. The molecule has 0 saturated carbocycles. The minimum absolute atomic E-state index is 0.0161. The van der Waals surface area contributed by atoms with E-state index >= 15 is 0 Å². The smallest absolute Gasteiger partial charge is 0.309 e. The molecule has 2 aromatic carbocycles. The van der Waals surface area contributed by atoms with E-state index in [1.165, 1.54) is 11.1 Å². The Morgan fingerprint density at radius 3 is 2.00 bits per heavy atom. The molecule has 0 amide bonds. The molecule has 0 spiro atoms. The third-order valence-electron chi connectivity index (χ3n) is 3.95. The van der Waals surface area contributed by atoms with E-state index in [2.05, 4.69) is 24.3 Å². The number of rotatable bonds is 4. The highest BCUT2D eigenvalue weighted by atomic mass is 16.5. The monoisotopic (exact) mass is 266 g/mol. The second kappa shape index (κ2) is 5.91. The summed E-state index contributed by atoms with van der Waals surface area (Å²) in [5, 5.41) is 0. The Balaban J connectivity index is 1.72. The molecule has 0 N–H and O–H groups in total. The third kappa shape index (κ3) is 2.90. The summed E-state index contributed by atoms with van der Waals surface area (Å²) in [5.74, 6) is 0.220. The Kier molecular flexibility index (Phi) is 3.82. The van der Waals surface area contributed by atoms with Gasteiger partial charge in [-0.1, -0.05) is 60.7 Å². The molecule has 0 aliphatic carbocycles. The van der Waals surface area contributed by atoms with Crippen LogP contribution in [0, 0.1) is 11.8 Å². The van der Waals surface area contributed by atoms with E-state index in [4.69, 9.17) is 4.74 Å².